The Labute approximate surface area is 114 Å². The van der Waals surface area contributed by atoms with E-state index >= 15 is 0 Å². The number of carbonyl (C=O) groups is 4. The monoisotopic (exact) mass is 281 g/mol. The molecule has 6 amide bonds. The minimum absolute atomic E-state index is 0.0330. The molecule has 0 unspecified atom stereocenters. The number of urea groups is 2. The van der Waals surface area contributed by atoms with Crippen molar-refractivity contribution in [3.05, 3.63) is 24.4 Å². The fourth-order valence-corrected chi connectivity index (χ4v) is 1.63. The first kappa shape index (κ1) is 15.2. The lowest BCUT2D eigenvalue weighted by Crippen LogP contribution is -2.60. The quantitative estimate of drug-likeness (QED) is 0.289. The highest BCUT2D eigenvalue weighted by atomic mass is 16.2. The lowest BCUT2D eigenvalue weighted by Gasteiger charge is -2.30. The topological polar surface area (TPSA) is 134 Å². The van der Waals surface area contributed by atoms with E-state index in [2.05, 4.69) is 22.7 Å². The molecule has 0 aliphatic carbocycles. The van der Waals surface area contributed by atoms with Crippen molar-refractivity contribution >= 4 is 23.9 Å². The van der Waals surface area contributed by atoms with E-state index in [4.69, 9.17) is 5.73 Å². The summed E-state index contributed by atoms with van der Waals surface area (Å²) in [6.07, 6.45) is 2.77. The molecule has 0 aromatic rings. The highest BCUT2D eigenvalue weighted by molar-refractivity contribution is 6.17. The Morgan fingerprint density at radius 2 is 2.10 bits per heavy atom. The molecule has 0 spiro atoms. The Morgan fingerprint density at radius 1 is 1.45 bits per heavy atom. The van der Waals surface area contributed by atoms with E-state index in [1.54, 1.807) is 6.92 Å². The summed E-state index contributed by atoms with van der Waals surface area (Å²) < 4.78 is 0. The maximum Gasteiger partial charge on any atom is 0.331 e. The summed E-state index contributed by atoms with van der Waals surface area (Å²) in [6, 6.07) is -1.69. The van der Waals surface area contributed by atoms with Gasteiger partial charge in [0.25, 0.3) is 0 Å². The average Bonchev–Trinajstić information content (AvgIpc) is 2.37. The van der Waals surface area contributed by atoms with Crippen molar-refractivity contribution in [2.24, 2.45) is 11.7 Å². The normalized spacial score (nSPS) is 19.4. The van der Waals surface area contributed by atoms with Crippen LogP contribution in [0.15, 0.2) is 24.4 Å². The first-order valence-corrected chi connectivity index (χ1v) is 5.67. The number of amides is 6. The van der Waals surface area contributed by atoms with Gasteiger partial charge in [-0.25, -0.2) is 9.59 Å². The van der Waals surface area contributed by atoms with Gasteiger partial charge in [-0.3, -0.25) is 25.2 Å². The molecule has 9 heteroatoms. The lowest BCUT2D eigenvalue weighted by molar-refractivity contribution is -0.140. The van der Waals surface area contributed by atoms with Gasteiger partial charge in [0.15, 0.2) is 5.92 Å². The second-order valence-electron chi connectivity index (χ2n) is 3.82. The molecule has 0 saturated carbocycles. The van der Waals surface area contributed by atoms with Crippen molar-refractivity contribution in [1.82, 2.24) is 21.1 Å². The molecule has 0 radical (unpaired) electrons. The number of hydrazine groups is 1. The van der Waals surface area contributed by atoms with Crippen molar-refractivity contribution in [3.63, 3.8) is 0 Å². The summed E-state index contributed by atoms with van der Waals surface area (Å²) in [5.41, 5.74) is 9.42. The van der Waals surface area contributed by atoms with Crippen LogP contribution in [0.25, 0.3) is 0 Å². The molecule has 0 aromatic heterocycles. The molecule has 1 saturated heterocycles. The molecule has 1 heterocycles. The van der Waals surface area contributed by atoms with E-state index in [0.29, 0.717) is 0 Å². The predicted molar refractivity (Wildman–Crippen MR) is 68.6 cm³/mol. The summed E-state index contributed by atoms with van der Waals surface area (Å²) >= 11 is 0. The number of nitrogens with one attached hydrogen (secondary N) is 3. The predicted octanol–water partition coefficient (Wildman–Crippen LogP) is -1.06. The number of hydrogen-bond acceptors (Lipinski definition) is 5. The zero-order valence-corrected chi connectivity index (χ0v) is 10.8. The summed E-state index contributed by atoms with van der Waals surface area (Å²) in [5.74, 6) is -2.78. The Kier molecular flexibility index (Phi) is 4.84. The van der Waals surface area contributed by atoms with Gasteiger partial charge < -0.3 is 11.2 Å². The molecule has 9 nitrogen and oxygen atoms in total. The largest absolute Gasteiger partial charge is 0.350 e. The number of imide groups is 2. The maximum atomic E-state index is 12.2. The van der Waals surface area contributed by atoms with Gasteiger partial charge in [0.1, 0.15) is 0 Å². The van der Waals surface area contributed by atoms with E-state index < -0.39 is 29.8 Å². The Balaban J connectivity index is 2.98. The molecule has 1 atom stereocenters. The third kappa shape index (κ3) is 3.13. The number of primary amides is 1. The van der Waals surface area contributed by atoms with Crippen LogP contribution in [0.5, 0.6) is 0 Å². The Bertz CT molecular complexity index is 499. The van der Waals surface area contributed by atoms with Gasteiger partial charge in [0, 0.05) is 12.2 Å². The number of nitrogens with two attached hydrogens (primary N) is 1. The van der Waals surface area contributed by atoms with Crippen LogP contribution in [0.1, 0.15) is 6.92 Å². The van der Waals surface area contributed by atoms with Gasteiger partial charge in [0.05, 0.1) is 0 Å². The average molecular weight is 281 g/mol. The van der Waals surface area contributed by atoms with Gasteiger partial charge in [0.2, 0.25) is 11.8 Å². The smallest absolute Gasteiger partial charge is 0.331 e. The van der Waals surface area contributed by atoms with Crippen LogP contribution < -0.4 is 21.9 Å². The van der Waals surface area contributed by atoms with Crippen LogP contribution >= 0.6 is 0 Å². The molecule has 1 aliphatic rings. The standard InChI is InChI=1S/C11H15N5O4/c1-3-5-16-9(18)7(8(17)13-11(16)20)6(4-2)14-15-10(12)19/h3-4,7,14H,1,5H2,2H3,(H3,12,15,19)(H,13,17,20)/b6-4+/t7-/m1/s1. The summed E-state index contributed by atoms with van der Waals surface area (Å²) in [4.78, 5) is 46.9. The van der Waals surface area contributed by atoms with Crippen molar-refractivity contribution in [3.8, 4) is 0 Å². The van der Waals surface area contributed by atoms with Gasteiger partial charge in [-0.2, -0.15) is 0 Å². The third-order valence-electron chi connectivity index (χ3n) is 2.51. The van der Waals surface area contributed by atoms with Crippen LogP contribution in [0.2, 0.25) is 0 Å². The first-order chi connectivity index (χ1) is 9.42. The van der Waals surface area contributed by atoms with Gasteiger partial charge in [-0.1, -0.05) is 12.2 Å². The van der Waals surface area contributed by atoms with Crippen molar-refractivity contribution < 1.29 is 19.2 Å². The summed E-state index contributed by atoms with van der Waals surface area (Å²) in [5, 5.41) is 2.05. The van der Waals surface area contributed by atoms with Gasteiger partial charge in [-0.05, 0) is 6.92 Å². The maximum absolute atomic E-state index is 12.2. The highest BCUT2D eigenvalue weighted by Crippen LogP contribution is 2.17. The molecule has 1 rings (SSSR count). The van der Waals surface area contributed by atoms with E-state index in [0.717, 1.165) is 4.90 Å². The van der Waals surface area contributed by atoms with Crippen LogP contribution in [-0.2, 0) is 9.59 Å². The van der Waals surface area contributed by atoms with E-state index in [9.17, 15) is 19.2 Å². The van der Waals surface area contributed by atoms with E-state index in [-0.39, 0.29) is 12.2 Å². The molecule has 5 N–H and O–H groups in total. The summed E-state index contributed by atoms with van der Waals surface area (Å²) in [7, 11) is 0. The molecule has 0 bridgehead atoms. The zero-order chi connectivity index (χ0) is 15.3. The number of carbonyl (C=O) groups excluding carboxylic acids is 4. The highest BCUT2D eigenvalue weighted by Gasteiger charge is 2.42. The number of rotatable bonds is 5. The second kappa shape index (κ2) is 6.36. The molecule has 1 aliphatic heterocycles. The van der Waals surface area contributed by atoms with Crippen LogP contribution in [0.3, 0.4) is 0 Å². The molecule has 1 fully saturated rings. The van der Waals surface area contributed by atoms with Crippen LogP contribution in [0.4, 0.5) is 9.59 Å². The minimum Gasteiger partial charge on any atom is -0.350 e. The van der Waals surface area contributed by atoms with Crippen LogP contribution in [0, 0.1) is 5.92 Å². The number of hydrogen-bond donors (Lipinski definition) is 4. The van der Waals surface area contributed by atoms with Gasteiger partial charge in [-0.15, -0.1) is 6.58 Å². The van der Waals surface area contributed by atoms with E-state index in [1.165, 1.54) is 12.2 Å². The second-order valence-corrected chi connectivity index (χ2v) is 3.82. The van der Waals surface area contributed by atoms with Crippen molar-refractivity contribution in [2.45, 2.75) is 6.92 Å². The molecular formula is C11H15N5O4. The SMILES string of the molecule is C=CCN1C(=O)NC(=O)[C@@H](/C(=C\C)NNC(N)=O)C1=O. The molecule has 0 aromatic carbocycles. The molecular weight excluding hydrogens is 266 g/mol. The number of allylic oxidation sites excluding steroid dienone is 1. The zero-order valence-electron chi connectivity index (χ0n) is 10.8. The van der Waals surface area contributed by atoms with Crippen molar-refractivity contribution in [2.75, 3.05) is 6.54 Å². The Morgan fingerprint density at radius 3 is 2.60 bits per heavy atom. The first-order valence-electron chi connectivity index (χ1n) is 5.67. The fourth-order valence-electron chi connectivity index (χ4n) is 1.63. The van der Waals surface area contributed by atoms with Gasteiger partial charge >= 0.3 is 12.1 Å². The molecule has 20 heavy (non-hydrogen) atoms. The fraction of sp³-hybridized carbons (Fsp3) is 0.273. The number of barbiturate groups is 1. The number of nitrogens with zero attached hydrogens (tertiary/aromatic N) is 1. The third-order valence-corrected chi connectivity index (χ3v) is 2.51. The molecule has 108 valence electrons. The van der Waals surface area contributed by atoms with Crippen molar-refractivity contribution in [1.29, 1.82) is 0 Å². The minimum atomic E-state index is -1.27. The summed E-state index contributed by atoms with van der Waals surface area (Å²) in [6.45, 7) is 4.95. The lowest BCUT2D eigenvalue weighted by atomic mass is 10.0. The Hall–Kier alpha value is -2.84. The van der Waals surface area contributed by atoms with E-state index in [1.807, 2.05) is 0 Å². The van der Waals surface area contributed by atoms with Crippen LogP contribution in [-0.4, -0.2) is 35.3 Å².